The highest BCUT2D eigenvalue weighted by molar-refractivity contribution is 6.29. The van der Waals surface area contributed by atoms with Gasteiger partial charge in [0, 0.05) is 30.9 Å². The molecular formula is C20H18ClFN4O6. The van der Waals surface area contributed by atoms with Crippen molar-refractivity contribution in [2.24, 2.45) is 7.05 Å². The number of nitrogen functional groups attached to an aromatic ring is 1. The Morgan fingerprint density at radius 1 is 1.22 bits per heavy atom. The number of rotatable bonds is 6. The molecule has 2 heterocycles. The quantitative estimate of drug-likeness (QED) is 0.333. The molecule has 2 aromatic heterocycles. The van der Waals surface area contributed by atoms with Gasteiger partial charge in [-0.3, -0.25) is 4.79 Å². The van der Waals surface area contributed by atoms with Crippen LogP contribution in [0.4, 0.5) is 10.1 Å². The van der Waals surface area contributed by atoms with Crippen LogP contribution in [0.3, 0.4) is 0 Å². The highest BCUT2D eigenvalue weighted by Crippen LogP contribution is 2.35. The lowest BCUT2D eigenvalue weighted by atomic mass is 10.2. The number of pyridine rings is 1. The number of benzene rings is 1. The molecule has 0 radical (unpaired) electrons. The molecule has 0 unspecified atom stereocenters. The standard InChI is InChI=1S/C20H18ClFN4O6/c1-10-6-17(27)26(20(29)25(10)2)13-8-15(12(23)7-11(13)22)32-14-4-5-16(21)24-19(14)31-9-18(28)30-3/h4-8H,9,23H2,1-3H3. The second kappa shape index (κ2) is 9.10. The van der Waals surface area contributed by atoms with Gasteiger partial charge in [0.2, 0.25) is 0 Å². The number of ether oxygens (including phenoxy) is 3. The first-order valence-corrected chi connectivity index (χ1v) is 9.43. The van der Waals surface area contributed by atoms with Gasteiger partial charge in [-0.1, -0.05) is 11.6 Å². The van der Waals surface area contributed by atoms with Gasteiger partial charge in [-0.25, -0.2) is 18.5 Å². The molecule has 0 fully saturated rings. The first-order valence-electron chi connectivity index (χ1n) is 9.05. The average Bonchev–Trinajstić information content (AvgIpc) is 2.74. The van der Waals surface area contributed by atoms with E-state index in [0.29, 0.717) is 10.3 Å². The van der Waals surface area contributed by atoms with Crippen LogP contribution in [-0.4, -0.2) is 33.8 Å². The van der Waals surface area contributed by atoms with Crippen LogP contribution in [-0.2, 0) is 16.6 Å². The molecule has 0 bridgehead atoms. The van der Waals surface area contributed by atoms with Crippen molar-refractivity contribution in [3.05, 3.63) is 67.8 Å². The Morgan fingerprint density at radius 2 is 1.94 bits per heavy atom. The number of nitrogens with two attached hydrogens (primary N) is 1. The fraction of sp³-hybridized carbons (Fsp3) is 0.200. The summed E-state index contributed by atoms with van der Waals surface area (Å²) in [6.45, 7) is 1.10. The Labute approximate surface area is 185 Å². The lowest BCUT2D eigenvalue weighted by molar-refractivity contribution is -0.143. The van der Waals surface area contributed by atoms with Crippen LogP contribution in [0.2, 0.25) is 5.15 Å². The third-order valence-corrected chi connectivity index (χ3v) is 4.66. The number of aryl methyl sites for hydroxylation is 1. The van der Waals surface area contributed by atoms with E-state index in [0.717, 1.165) is 12.1 Å². The maximum atomic E-state index is 14.7. The first kappa shape index (κ1) is 22.8. The van der Waals surface area contributed by atoms with Gasteiger partial charge in [0.15, 0.2) is 18.1 Å². The zero-order chi connectivity index (χ0) is 23.6. The van der Waals surface area contributed by atoms with Gasteiger partial charge in [0.25, 0.3) is 11.4 Å². The number of hydrogen-bond acceptors (Lipinski definition) is 8. The van der Waals surface area contributed by atoms with E-state index in [1.165, 1.54) is 36.9 Å². The van der Waals surface area contributed by atoms with Gasteiger partial charge in [-0.05, 0) is 19.1 Å². The van der Waals surface area contributed by atoms with E-state index >= 15 is 0 Å². The van der Waals surface area contributed by atoms with E-state index in [4.69, 9.17) is 26.8 Å². The van der Waals surface area contributed by atoms with Crippen molar-refractivity contribution in [1.82, 2.24) is 14.1 Å². The second-order valence-corrected chi connectivity index (χ2v) is 6.93. The van der Waals surface area contributed by atoms with E-state index < -0.39 is 29.6 Å². The molecule has 0 saturated heterocycles. The Hall–Kier alpha value is -3.86. The molecule has 0 aliphatic rings. The topological polar surface area (TPSA) is 128 Å². The number of aromatic nitrogens is 3. The zero-order valence-electron chi connectivity index (χ0n) is 17.2. The van der Waals surface area contributed by atoms with Crippen molar-refractivity contribution >= 4 is 23.3 Å². The molecule has 3 aromatic rings. The second-order valence-electron chi connectivity index (χ2n) is 6.55. The summed E-state index contributed by atoms with van der Waals surface area (Å²) in [6.07, 6.45) is 0. The molecule has 10 nitrogen and oxygen atoms in total. The molecule has 2 N–H and O–H groups in total. The highest BCUT2D eigenvalue weighted by Gasteiger charge is 2.18. The normalized spacial score (nSPS) is 10.7. The summed E-state index contributed by atoms with van der Waals surface area (Å²) in [5.41, 5.74) is 4.31. The van der Waals surface area contributed by atoms with Crippen LogP contribution in [0.1, 0.15) is 5.69 Å². The number of hydrogen-bond donors (Lipinski definition) is 1. The average molecular weight is 465 g/mol. The van der Waals surface area contributed by atoms with E-state index in [9.17, 15) is 18.8 Å². The van der Waals surface area contributed by atoms with Gasteiger partial charge in [0.05, 0.1) is 18.5 Å². The largest absolute Gasteiger partial charge is 0.466 e. The van der Waals surface area contributed by atoms with E-state index in [2.05, 4.69) is 9.72 Å². The maximum absolute atomic E-state index is 14.7. The van der Waals surface area contributed by atoms with Crippen molar-refractivity contribution in [3.63, 3.8) is 0 Å². The minimum Gasteiger partial charge on any atom is -0.466 e. The number of methoxy groups -OCH3 is 1. The molecule has 0 spiro atoms. The fourth-order valence-electron chi connectivity index (χ4n) is 2.67. The molecule has 3 rings (SSSR count). The lowest BCUT2D eigenvalue weighted by Gasteiger charge is -2.15. The number of nitrogens with zero attached hydrogens (tertiary/aromatic N) is 3. The van der Waals surface area contributed by atoms with Crippen molar-refractivity contribution in [2.75, 3.05) is 19.5 Å². The molecule has 12 heteroatoms. The highest BCUT2D eigenvalue weighted by atomic mass is 35.5. The van der Waals surface area contributed by atoms with Crippen LogP contribution in [0.15, 0.2) is 39.9 Å². The first-order chi connectivity index (χ1) is 15.1. The molecule has 0 aliphatic heterocycles. The summed E-state index contributed by atoms with van der Waals surface area (Å²) >= 11 is 5.88. The van der Waals surface area contributed by atoms with Crippen molar-refractivity contribution in [2.45, 2.75) is 6.92 Å². The number of halogens is 2. The Balaban J connectivity index is 2.08. The molecular weight excluding hydrogens is 447 g/mol. The fourth-order valence-corrected chi connectivity index (χ4v) is 2.81. The SMILES string of the molecule is COC(=O)COc1nc(Cl)ccc1Oc1cc(-n2c(=O)cc(C)n(C)c2=O)c(F)cc1N. The van der Waals surface area contributed by atoms with Gasteiger partial charge in [-0.2, -0.15) is 4.98 Å². The molecule has 0 aliphatic carbocycles. The van der Waals surface area contributed by atoms with Crippen LogP contribution < -0.4 is 26.5 Å². The van der Waals surface area contributed by atoms with Crippen molar-refractivity contribution in [1.29, 1.82) is 0 Å². The van der Waals surface area contributed by atoms with E-state index in [-0.39, 0.29) is 33.9 Å². The number of anilines is 1. The molecule has 168 valence electrons. The summed E-state index contributed by atoms with van der Waals surface area (Å²) in [7, 11) is 2.64. The van der Waals surface area contributed by atoms with Crippen LogP contribution in [0, 0.1) is 12.7 Å². The van der Waals surface area contributed by atoms with E-state index in [1.54, 1.807) is 6.92 Å². The number of esters is 1. The van der Waals surface area contributed by atoms with Gasteiger partial charge in [-0.15, -0.1) is 0 Å². The zero-order valence-corrected chi connectivity index (χ0v) is 18.0. The molecule has 0 amide bonds. The maximum Gasteiger partial charge on any atom is 0.343 e. The summed E-state index contributed by atoms with van der Waals surface area (Å²) in [4.78, 5) is 40.3. The summed E-state index contributed by atoms with van der Waals surface area (Å²) in [5, 5.41) is 0.0553. The Kier molecular flexibility index (Phi) is 6.49. The minimum atomic E-state index is -0.908. The predicted molar refractivity (Wildman–Crippen MR) is 113 cm³/mol. The van der Waals surface area contributed by atoms with Crippen molar-refractivity contribution in [3.8, 4) is 23.1 Å². The van der Waals surface area contributed by atoms with Gasteiger partial charge >= 0.3 is 11.7 Å². The van der Waals surface area contributed by atoms with E-state index in [1.807, 2.05) is 0 Å². The van der Waals surface area contributed by atoms with Crippen LogP contribution >= 0.6 is 11.6 Å². The number of carbonyl (C=O) groups excluding carboxylic acids is 1. The molecule has 32 heavy (non-hydrogen) atoms. The van der Waals surface area contributed by atoms with Crippen molar-refractivity contribution < 1.29 is 23.4 Å². The number of carbonyl (C=O) groups is 1. The van der Waals surface area contributed by atoms with Gasteiger partial charge < -0.3 is 24.5 Å². The summed E-state index contributed by atoms with van der Waals surface area (Å²) < 4.78 is 32.0. The smallest absolute Gasteiger partial charge is 0.343 e. The minimum absolute atomic E-state index is 0.00767. The third kappa shape index (κ3) is 4.57. The van der Waals surface area contributed by atoms with Crippen LogP contribution in [0.5, 0.6) is 17.4 Å². The van der Waals surface area contributed by atoms with Gasteiger partial charge in [0.1, 0.15) is 11.0 Å². The lowest BCUT2D eigenvalue weighted by Crippen LogP contribution is -2.38. The summed E-state index contributed by atoms with van der Waals surface area (Å²) in [5.74, 6) is -1.84. The summed E-state index contributed by atoms with van der Waals surface area (Å²) in [6, 6.07) is 5.99. The third-order valence-electron chi connectivity index (χ3n) is 4.45. The molecule has 1 aromatic carbocycles. The Bertz CT molecular complexity index is 1320. The molecule has 0 atom stereocenters. The monoisotopic (exact) mass is 464 g/mol. The predicted octanol–water partition coefficient (Wildman–Crippen LogP) is 1.96. The molecule has 0 saturated carbocycles. The van der Waals surface area contributed by atoms with Crippen LogP contribution in [0.25, 0.3) is 5.69 Å². The Morgan fingerprint density at radius 3 is 2.62 bits per heavy atom.